The summed E-state index contributed by atoms with van der Waals surface area (Å²) in [7, 11) is 0. The van der Waals surface area contributed by atoms with Crippen LogP contribution in [0.25, 0.3) is 0 Å². The van der Waals surface area contributed by atoms with Gasteiger partial charge in [-0.2, -0.15) is 0 Å². The minimum Gasteiger partial charge on any atom is -0.0842 e. The van der Waals surface area contributed by atoms with Gasteiger partial charge in [-0.25, -0.2) is 0 Å². The molecule has 1 atom stereocenters. The molecule has 1 rings (SSSR count). The van der Waals surface area contributed by atoms with Gasteiger partial charge in [-0.05, 0) is 23.4 Å². The molecule has 1 aliphatic carbocycles. The predicted octanol–water partition coefficient (Wildman–Crippen LogP) is 2.82. The van der Waals surface area contributed by atoms with Crippen molar-refractivity contribution in [2.24, 2.45) is 0 Å². The summed E-state index contributed by atoms with van der Waals surface area (Å²) in [5, 5.41) is 0. The molecule has 0 heterocycles. The zero-order valence-corrected chi connectivity index (χ0v) is 7.00. The van der Waals surface area contributed by atoms with Crippen LogP contribution < -0.4 is 0 Å². The van der Waals surface area contributed by atoms with E-state index in [1.165, 1.54) is 18.4 Å². The van der Waals surface area contributed by atoms with Crippen molar-refractivity contribution in [2.45, 2.75) is 17.7 Å². The van der Waals surface area contributed by atoms with Crippen molar-refractivity contribution in [2.75, 3.05) is 0 Å². The van der Waals surface area contributed by atoms with Crippen LogP contribution in [0.1, 0.15) is 12.8 Å². The van der Waals surface area contributed by atoms with Crippen LogP contribution in [0.15, 0.2) is 10.6 Å². The fourth-order valence-electron chi connectivity index (χ4n) is 0.543. The van der Waals surface area contributed by atoms with E-state index >= 15 is 0 Å². The number of hydrogen-bond donors (Lipinski definition) is 0. The van der Waals surface area contributed by atoms with Crippen molar-refractivity contribution in [3.63, 3.8) is 0 Å². The van der Waals surface area contributed by atoms with E-state index < -0.39 is 0 Å². The number of alkyl halides is 1. The van der Waals surface area contributed by atoms with E-state index in [4.69, 9.17) is 0 Å². The van der Waals surface area contributed by atoms with Gasteiger partial charge in [-0.15, -0.1) is 0 Å². The molecule has 2 heteroatoms. The van der Waals surface area contributed by atoms with Gasteiger partial charge in [0.15, 0.2) is 0 Å². The van der Waals surface area contributed by atoms with Gasteiger partial charge in [0.2, 0.25) is 0 Å². The molecule has 0 spiro atoms. The highest BCUT2D eigenvalue weighted by Crippen LogP contribution is 2.33. The van der Waals surface area contributed by atoms with Crippen molar-refractivity contribution < 1.29 is 0 Å². The summed E-state index contributed by atoms with van der Waals surface area (Å²) in [4.78, 5) is 2.68. The topological polar surface area (TPSA) is 0 Å². The Morgan fingerprint density at radius 1 is 1.71 bits per heavy atom. The van der Waals surface area contributed by atoms with Gasteiger partial charge in [0, 0.05) is 4.83 Å². The van der Waals surface area contributed by atoms with E-state index in [0.29, 0.717) is 4.83 Å². The third-order valence-electron chi connectivity index (χ3n) is 1.23. The van der Waals surface area contributed by atoms with Crippen molar-refractivity contribution in [3.8, 4) is 0 Å². The summed E-state index contributed by atoms with van der Waals surface area (Å²) in [5.74, 6) is 0. The highest BCUT2D eigenvalue weighted by atomic mass is 79.9. The minimum absolute atomic E-state index is 0.673. The molecule has 1 unspecified atom stereocenters. The Kier molecular flexibility index (Phi) is 1.93. The Labute approximate surface area is 60.2 Å². The largest absolute Gasteiger partial charge is 0.0842 e. The average Bonchev–Trinajstić information content (AvgIpc) is 1.65. The van der Waals surface area contributed by atoms with Crippen LogP contribution in [0.3, 0.4) is 0 Å². The molecule has 0 bridgehead atoms. The van der Waals surface area contributed by atoms with Crippen molar-refractivity contribution in [1.82, 2.24) is 0 Å². The van der Waals surface area contributed by atoms with Gasteiger partial charge in [-0.3, -0.25) is 0 Å². The molecule has 0 aromatic rings. The lowest BCUT2D eigenvalue weighted by Gasteiger charge is -2.22. The highest BCUT2D eigenvalue weighted by Gasteiger charge is 2.19. The Hall–Kier alpha value is 0.700. The number of allylic oxidation sites excluding steroid dienone is 1. The lowest BCUT2D eigenvalue weighted by atomic mass is 9.94. The van der Waals surface area contributed by atoms with Crippen LogP contribution in [0, 0.1) is 0 Å². The molecule has 0 aromatic carbocycles. The van der Waals surface area contributed by atoms with E-state index in [2.05, 4.69) is 31.9 Å². The number of hydrogen-bond acceptors (Lipinski definition) is 0. The Morgan fingerprint density at radius 2 is 2.43 bits per heavy atom. The summed E-state index contributed by atoms with van der Waals surface area (Å²) in [5.41, 5.74) is 1.49. The first-order valence-corrected chi connectivity index (χ1v) is 4.11. The summed E-state index contributed by atoms with van der Waals surface area (Å²) in [6.45, 7) is 0. The Morgan fingerprint density at radius 3 is 2.43 bits per heavy atom. The van der Waals surface area contributed by atoms with Crippen LogP contribution in [0.5, 0.6) is 0 Å². The lowest BCUT2D eigenvalue weighted by molar-refractivity contribution is 0.693. The quantitative estimate of drug-likeness (QED) is 0.557. The molecule has 0 nitrogen and oxygen atoms in total. The van der Waals surface area contributed by atoms with Crippen molar-refractivity contribution in [3.05, 3.63) is 10.6 Å². The lowest BCUT2D eigenvalue weighted by Crippen LogP contribution is -2.13. The summed E-state index contributed by atoms with van der Waals surface area (Å²) in [6, 6.07) is 0. The molecule has 1 saturated carbocycles. The number of halogens is 2. The van der Waals surface area contributed by atoms with Gasteiger partial charge >= 0.3 is 0 Å². The summed E-state index contributed by atoms with van der Waals surface area (Å²) < 4.78 is 0. The first kappa shape index (κ1) is 5.83. The molecule has 0 aliphatic heterocycles. The maximum absolute atomic E-state index is 3.49. The zero-order valence-electron chi connectivity index (χ0n) is 3.82. The molecule has 0 aromatic heterocycles. The van der Waals surface area contributed by atoms with Crippen LogP contribution in [0.4, 0.5) is 0 Å². The number of rotatable bonds is 0. The van der Waals surface area contributed by atoms with E-state index in [0.717, 1.165) is 0 Å². The molecule has 1 fully saturated rings. The Bertz CT molecular complexity index is 96.3. The SMILES string of the molecule is Br/C=C1\CCC1Br. The van der Waals surface area contributed by atoms with Crippen LogP contribution in [0.2, 0.25) is 0 Å². The molecule has 0 N–H and O–H groups in total. The molecule has 1 aliphatic rings. The predicted molar refractivity (Wildman–Crippen MR) is 39.0 cm³/mol. The third-order valence-corrected chi connectivity index (χ3v) is 2.86. The van der Waals surface area contributed by atoms with E-state index in [-0.39, 0.29) is 0 Å². The third kappa shape index (κ3) is 1.08. The van der Waals surface area contributed by atoms with Crippen LogP contribution in [-0.2, 0) is 0 Å². The summed E-state index contributed by atoms with van der Waals surface area (Å²) in [6.07, 6.45) is 2.57. The van der Waals surface area contributed by atoms with Gasteiger partial charge in [0.1, 0.15) is 0 Å². The molecular formula is C5H6Br2. The molecular weight excluding hydrogens is 220 g/mol. The zero-order chi connectivity index (χ0) is 5.28. The standard InChI is InChI=1S/C5H6Br2/c6-3-4-1-2-5(4)7/h3,5H,1-2H2/b4-3+. The summed E-state index contributed by atoms with van der Waals surface area (Å²) >= 11 is 6.76. The maximum Gasteiger partial charge on any atom is 0.0365 e. The highest BCUT2D eigenvalue weighted by molar-refractivity contribution is 9.11. The van der Waals surface area contributed by atoms with Crippen LogP contribution in [-0.4, -0.2) is 4.83 Å². The van der Waals surface area contributed by atoms with E-state index in [9.17, 15) is 0 Å². The maximum atomic E-state index is 3.49. The first-order valence-electron chi connectivity index (χ1n) is 2.28. The molecule has 0 radical (unpaired) electrons. The molecule has 0 amide bonds. The normalized spacial score (nSPS) is 35.7. The van der Waals surface area contributed by atoms with Crippen LogP contribution >= 0.6 is 31.9 Å². The molecule has 7 heavy (non-hydrogen) atoms. The first-order chi connectivity index (χ1) is 3.34. The second kappa shape index (κ2) is 2.31. The second-order valence-corrected chi connectivity index (χ2v) is 3.25. The van der Waals surface area contributed by atoms with Crippen molar-refractivity contribution in [1.29, 1.82) is 0 Å². The van der Waals surface area contributed by atoms with Gasteiger partial charge in [0.05, 0.1) is 0 Å². The Balaban J connectivity index is 2.44. The monoisotopic (exact) mass is 224 g/mol. The van der Waals surface area contributed by atoms with Gasteiger partial charge in [0.25, 0.3) is 0 Å². The minimum atomic E-state index is 0.673. The fraction of sp³-hybridized carbons (Fsp3) is 0.600. The van der Waals surface area contributed by atoms with Gasteiger partial charge in [-0.1, -0.05) is 31.9 Å². The average molecular weight is 226 g/mol. The molecule has 0 saturated heterocycles. The smallest absolute Gasteiger partial charge is 0.0365 e. The fourth-order valence-corrected chi connectivity index (χ4v) is 2.04. The van der Waals surface area contributed by atoms with E-state index in [1.54, 1.807) is 0 Å². The van der Waals surface area contributed by atoms with Gasteiger partial charge < -0.3 is 0 Å². The van der Waals surface area contributed by atoms with E-state index in [1.807, 2.05) is 4.99 Å². The molecule has 40 valence electrons. The van der Waals surface area contributed by atoms with Crippen molar-refractivity contribution >= 4 is 31.9 Å². The second-order valence-electron chi connectivity index (χ2n) is 1.69.